The summed E-state index contributed by atoms with van der Waals surface area (Å²) in [4.78, 5) is 15.2. The fourth-order valence-electron chi connectivity index (χ4n) is 3.22. The first kappa shape index (κ1) is 20.5. The maximum absolute atomic E-state index is 13.4. The molecule has 1 fully saturated rings. The number of carbonyl (C=O) groups is 1. The molecule has 7 heteroatoms. The van der Waals surface area contributed by atoms with Gasteiger partial charge in [-0.2, -0.15) is 5.10 Å². The third-order valence-electron chi connectivity index (χ3n) is 5.02. The van der Waals surface area contributed by atoms with E-state index in [1.807, 2.05) is 56.5 Å². The van der Waals surface area contributed by atoms with Crippen LogP contribution in [-0.2, 0) is 4.79 Å². The lowest BCUT2D eigenvalue weighted by Gasteiger charge is -2.21. The van der Waals surface area contributed by atoms with E-state index >= 15 is 0 Å². The highest BCUT2D eigenvalue weighted by Crippen LogP contribution is 2.36. The number of amides is 1. The van der Waals surface area contributed by atoms with E-state index in [2.05, 4.69) is 0 Å². The normalized spacial score (nSPS) is 16.5. The summed E-state index contributed by atoms with van der Waals surface area (Å²) < 4.78 is 15.8. The maximum atomic E-state index is 13.4. The van der Waals surface area contributed by atoms with Gasteiger partial charge < -0.3 is 0 Å². The van der Waals surface area contributed by atoms with Gasteiger partial charge in [0, 0.05) is 23.4 Å². The second-order valence-electron chi connectivity index (χ2n) is 7.03. The van der Waals surface area contributed by atoms with Crippen molar-refractivity contribution < 1.29 is 9.18 Å². The van der Waals surface area contributed by atoms with E-state index in [9.17, 15) is 9.18 Å². The van der Waals surface area contributed by atoms with Crippen molar-refractivity contribution in [3.8, 4) is 16.9 Å². The minimum Gasteiger partial charge on any atom is -0.290 e. The van der Waals surface area contributed by atoms with E-state index in [-0.39, 0.29) is 17.8 Å². The Morgan fingerprint density at radius 3 is 2.53 bits per heavy atom. The Bertz CT molecular complexity index is 1120. The van der Waals surface area contributed by atoms with Crippen LogP contribution in [-0.4, -0.2) is 30.9 Å². The third-order valence-corrected chi connectivity index (χ3v) is 6.35. The fraction of sp³-hybridized carbons (Fsp3) is 0.174. The molecule has 152 valence electrons. The van der Waals surface area contributed by atoms with Gasteiger partial charge in [0.05, 0.1) is 16.3 Å². The number of rotatable bonds is 5. The third kappa shape index (κ3) is 3.95. The number of hydrogen-bond acceptors (Lipinski definition) is 4. The van der Waals surface area contributed by atoms with Crippen LogP contribution in [0.3, 0.4) is 0 Å². The molecule has 1 aliphatic heterocycles. The first-order valence-corrected chi connectivity index (χ1v) is 10.9. The molecule has 2 aromatic carbocycles. The van der Waals surface area contributed by atoms with Crippen molar-refractivity contribution in [1.29, 1.82) is 0 Å². The lowest BCUT2D eigenvalue weighted by molar-refractivity contribution is -0.123. The Morgan fingerprint density at radius 2 is 1.87 bits per heavy atom. The summed E-state index contributed by atoms with van der Waals surface area (Å²) >= 11 is 6.74. The number of thioether (sulfide) groups is 1. The topological polar surface area (TPSA) is 38.1 Å². The van der Waals surface area contributed by atoms with Crippen LogP contribution in [0, 0.1) is 5.82 Å². The van der Waals surface area contributed by atoms with Crippen molar-refractivity contribution in [3.63, 3.8) is 0 Å². The van der Waals surface area contributed by atoms with Crippen molar-refractivity contribution in [3.05, 3.63) is 77.1 Å². The molecule has 0 bridgehead atoms. The summed E-state index contributed by atoms with van der Waals surface area (Å²) in [6, 6.07) is 16.0. The van der Waals surface area contributed by atoms with Crippen LogP contribution in [0.15, 0.2) is 65.7 Å². The number of hydrogen-bond donors (Lipinski definition) is 0. The van der Waals surface area contributed by atoms with Crippen molar-refractivity contribution in [2.45, 2.75) is 26.3 Å². The number of thiocarbonyl (C=S) groups is 1. The molecule has 1 amide bonds. The van der Waals surface area contributed by atoms with Crippen molar-refractivity contribution in [2.24, 2.45) is 0 Å². The Hall–Kier alpha value is -2.77. The van der Waals surface area contributed by atoms with Crippen LogP contribution in [0.1, 0.15) is 25.8 Å². The smallest absolute Gasteiger partial charge is 0.266 e. The van der Waals surface area contributed by atoms with Crippen LogP contribution < -0.4 is 0 Å². The van der Waals surface area contributed by atoms with Crippen molar-refractivity contribution >= 4 is 40.3 Å². The lowest BCUT2D eigenvalue weighted by Crippen LogP contribution is -2.36. The van der Waals surface area contributed by atoms with Gasteiger partial charge >= 0.3 is 0 Å². The van der Waals surface area contributed by atoms with Crippen LogP contribution in [0.5, 0.6) is 0 Å². The van der Waals surface area contributed by atoms with Crippen LogP contribution >= 0.6 is 24.0 Å². The number of para-hydroxylation sites is 1. The average molecular weight is 438 g/mol. The van der Waals surface area contributed by atoms with Crippen LogP contribution in [0.25, 0.3) is 23.0 Å². The Balaban J connectivity index is 1.79. The van der Waals surface area contributed by atoms with Gasteiger partial charge in [-0.1, -0.05) is 49.1 Å². The summed E-state index contributed by atoms with van der Waals surface area (Å²) in [5.41, 5.74) is 3.12. The van der Waals surface area contributed by atoms with E-state index in [0.29, 0.717) is 14.9 Å². The minimum absolute atomic E-state index is 0.0482. The molecule has 0 spiro atoms. The molecule has 1 aliphatic rings. The van der Waals surface area contributed by atoms with E-state index in [1.165, 1.54) is 23.9 Å². The van der Waals surface area contributed by atoms with Gasteiger partial charge in [0.2, 0.25) is 0 Å². The largest absolute Gasteiger partial charge is 0.290 e. The number of nitrogens with zero attached hydrogens (tertiary/aromatic N) is 3. The molecule has 1 saturated heterocycles. The Morgan fingerprint density at radius 1 is 1.17 bits per heavy atom. The highest BCUT2D eigenvalue weighted by Gasteiger charge is 2.35. The molecule has 0 saturated carbocycles. The molecule has 0 aliphatic carbocycles. The standard InChI is InChI=1S/C23H20FN3OS2/c1-3-15(2)27-22(28)20(30-23(27)29)13-17-14-26(19-7-5-4-6-8-19)25-21(17)16-9-11-18(24)12-10-16/h4-15H,3H2,1-2H3/b20-13+. The number of aromatic nitrogens is 2. The zero-order chi connectivity index (χ0) is 21.3. The zero-order valence-corrected chi connectivity index (χ0v) is 18.2. The quantitative estimate of drug-likeness (QED) is 0.380. The minimum atomic E-state index is -0.308. The van der Waals surface area contributed by atoms with Crippen LogP contribution in [0.4, 0.5) is 4.39 Å². The lowest BCUT2D eigenvalue weighted by atomic mass is 10.1. The molecular formula is C23H20FN3OS2. The van der Waals surface area contributed by atoms with Gasteiger partial charge in [-0.3, -0.25) is 9.69 Å². The first-order valence-electron chi connectivity index (χ1n) is 9.66. The molecule has 1 atom stereocenters. The maximum Gasteiger partial charge on any atom is 0.266 e. The predicted molar refractivity (Wildman–Crippen MR) is 124 cm³/mol. The second-order valence-corrected chi connectivity index (χ2v) is 8.70. The molecule has 30 heavy (non-hydrogen) atoms. The van der Waals surface area contributed by atoms with Crippen molar-refractivity contribution in [2.75, 3.05) is 0 Å². The fourth-order valence-corrected chi connectivity index (χ4v) is 4.67. The van der Waals surface area contributed by atoms with E-state index in [1.54, 1.807) is 21.7 Å². The second kappa shape index (κ2) is 8.53. The molecule has 4 nitrogen and oxygen atoms in total. The Kier molecular flexibility index (Phi) is 5.83. The van der Waals surface area contributed by atoms with Gasteiger partial charge in [0.1, 0.15) is 10.1 Å². The molecule has 1 unspecified atom stereocenters. The zero-order valence-electron chi connectivity index (χ0n) is 16.6. The molecular weight excluding hydrogens is 417 g/mol. The number of carbonyl (C=O) groups excluding carboxylic acids is 1. The summed E-state index contributed by atoms with van der Waals surface area (Å²) in [5.74, 6) is -0.394. The van der Waals surface area contributed by atoms with E-state index in [4.69, 9.17) is 17.3 Å². The van der Waals surface area contributed by atoms with Gasteiger partial charge in [-0.15, -0.1) is 0 Å². The summed E-state index contributed by atoms with van der Waals surface area (Å²) in [6.07, 6.45) is 4.53. The highest BCUT2D eigenvalue weighted by molar-refractivity contribution is 8.26. The molecule has 3 aromatic rings. The summed E-state index contributed by atoms with van der Waals surface area (Å²) in [7, 11) is 0. The number of halogens is 1. The van der Waals surface area contributed by atoms with Gasteiger partial charge in [-0.05, 0) is 55.8 Å². The highest BCUT2D eigenvalue weighted by atomic mass is 32.2. The van der Waals surface area contributed by atoms with E-state index in [0.717, 1.165) is 23.2 Å². The molecule has 4 rings (SSSR count). The molecule has 1 aromatic heterocycles. The SMILES string of the molecule is CCC(C)N1C(=O)/C(=C\c2cn(-c3ccccc3)nc2-c2ccc(F)cc2)SC1=S. The van der Waals surface area contributed by atoms with Gasteiger partial charge in [0.25, 0.3) is 5.91 Å². The summed E-state index contributed by atoms with van der Waals surface area (Å²) in [6.45, 7) is 4.02. The summed E-state index contributed by atoms with van der Waals surface area (Å²) in [5, 5.41) is 4.72. The average Bonchev–Trinajstić information content (AvgIpc) is 3.30. The van der Waals surface area contributed by atoms with Crippen molar-refractivity contribution in [1.82, 2.24) is 14.7 Å². The molecule has 0 radical (unpaired) electrons. The Labute approximate surface area is 184 Å². The van der Waals surface area contributed by atoms with Gasteiger partial charge in [0.15, 0.2) is 0 Å². The number of benzene rings is 2. The van der Waals surface area contributed by atoms with E-state index < -0.39 is 0 Å². The van der Waals surface area contributed by atoms with Crippen LogP contribution in [0.2, 0.25) is 0 Å². The molecule has 0 N–H and O–H groups in total. The predicted octanol–water partition coefficient (Wildman–Crippen LogP) is 5.68. The molecule has 2 heterocycles. The first-order chi connectivity index (χ1) is 14.5. The monoisotopic (exact) mass is 437 g/mol. The van der Waals surface area contributed by atoms with Gasteiger partial charge in [-0.25, -0.2) is 9.07 Å².